The lowest BCUT2D eigenvalue weighted by atomic mass is 9.76. The highest BCUT2D eigenvalue weighted by molar-refractivity contribution is 6.32. The summed E-state index contributed by atoms with van der Waals surface area (Å²) in [6.45, 7) is 21.5. The lowest BCUT2D eigenvalue weighted by Gasteiger charge is -2.42. The Morgan fingerprint density at radius 1 is 0.765 bits per heavy atom. The largest absolute Gasteiger partial charge is 0.491 e. The number of nitrogens with two attached hydrogens (primary N) is 1. The number of ether oxygens (including phenoxy) is 4. The van der Waals surface area contributed by atoms with Gasteiger partial charge < -0.3 is 40.6 Å². The number of hydrogen-bond acceptors (Lipinski definition) is 15. The molecule has 3 aromatic rings. The summed E-state index contributed by atoms with van der Waals surface area (Å²) in [7, 11) is 3.19. The number of anilines is 2. The van der Waals surface area contributed by atoms with Crippen molar-refractivity contribution >= 4 is 71.2 Å². The molecule has 0 bridgehead atoms. The SMILES string of the molecule is CC1=C(C)C(=O)N(c2ccc(OCCOCC(=O)N[C@H](C(=O)C[C@@H](CCCNC(N)=O)C(=O)Nc3ccc(COC(=O)N(C)[C@H](C(=O)NC(=O)[C@@H](N(C)[C@H](/C=C(\C)OC=O)C(C)C)C(C)(C)C)C(C)(C)c4ccccc4)cc3)C(C)C)cc2)C1=O. The van der Waals surface area contributed by atoms with E-state index in [1.807, 2.05) is 69.9 Å². The molecule has 0 aromatic heterocycles. The fraction of sp³-hybridized carbons (Fsp3) is 0.492. The van der Waals surface area contributed by atoms with E-state index in [4.69, 9.17) is 24.7 Å². The van der Waals surface area contributed by atoms with E-state index in [1.54, 1.807) is 110 Å². The van der Waals surface area contributed by atoms with Crippen LogP contribution in [0, 0.1) is 23.2 Å². The van der Waals surface area contributed by atoms with Crippen molar-refractivity contribution in [3.63, 3.8) is 0 Å². The van der Waals surface area contributed by atoms with Crippen LogP contribution in [0.15, 0.2) is 102 Å². The van der Waals surface area contributed by atoms with Gasteiger partial charge in [0.15, 0.2) is 5.78 Å². The Morgan fingerprint density at radius 3 is 1.92 bits per heavy atom. The number of allylic oxidation sites excluding steroid dienone is 1. The predicted molar refractivity (Wildman–Crippen MR) is 320 cm³/mol. The Kier molecular flexibility index (Phi) is 25.7. The Morgan fingerprint density at radius 2 is 1.36 bits per heavy atom. The average molecular weight is 1180 g/mol. The van der Waals surface area contributed by atoms with Gasteiger partial charge >= 0.3 is 12.1 Å². The number of likely N-dealkylation sites (N-methyl/N-ethyl adjacent to an activating group) is 2. The van der Waals surface area contributed by atoms with Crippen molar-refractivity contribution in [3.8, 4) is 5.75 Å². The van der Waals surface area contributed by atoms with E-state index in [-0.39, 0.29) is 75.5 Å². The summed E-state index contributed by atoms with van der Waals surface area (Å²) in [6, 6.07) is 17.7. The molecule has 6 N–H and O–H groups in total. The summed E-state index contributed by atoms with van der Waals surface area (Å²) in [5, 5.41) is 10.7. The second-order valence-electron chi connectivity index (χ2n) is 23.5. The number of rotatable bonds is 31. The molecule has 4 rings (SSSR count). The van der Waals surface area contributed by atoms with Crippen molar-refractivity contribution in [2.75, 3.05) is 50.7 Å². The van der Waals surface area contributed by atoms with E-state index in [0.29, 0.717) is 58.0 Å². The summed E-state index contributed by atoms with van der Waals surface area (Å²) in [6.07, 6.45) is 1.11. The van der Waals surface area contributed by atoms with Gasteiger partial charge in [0.1, 0.15) is 37.4 Å². The van der Waals surface area contributed by atoms with E-state index in [1.165, 1.54) is 7.05 Å². The summed E-state index contributed by atoms with van der Waals surface area (Å²) >= 11 is 0. The first kappa shape index (κ1) is 69.3. The number of nitrogens with zero attached hydrogens (tertiary/aromatic N) is 3. The minimum atomic E-state index is -1.26. The molecule has 22 heteroatoms. The topological polar surface area (TPSA) is 291 Å². The molecule has 5 atom stereocenters. The van der Waals surface area contributed by atoms with E-state index < -0.39 is 76.4 Å². The zero-order valence-electron chi connectivity index (χ0n) is 51.5. The van der Waals surface area contributed by atoms with E-state index in [2.05, 4.69) is 21.3 Å². The van der Waals surface area contributed by atoms with Gasteiger partial charge in [-0.25, -0.2) is 14.5 Å². The number of imide groups is 2. The molecule has 0 fully saturated rings. The van der Waals surface area contributed by atoms with Crippen LogP contribution in [-0.2, 0) is 64.6 Å². The zero-order chi connectivity index (χ0) is 63.5. The number of ketones is 1. The molecule has 0 saturated heterocycles. The number of primary amides is 1. The molecule has 1 heterocycles. The van der Waals surface area contributed by atoms with Crippen LogP contribution in [0.5, 0.6) is 5.75 Å². The Labute approximate surface area is 498 Å². The summed E-state index contributed by atoms with van der Waals surface area (Å²) in [5.74, 6) is -4.05. The highest BCUT2D eigenvalue weighted by Gasteiger charge is 2.45. The van der Waals surface area contributed by atoms with E-state index >= 15 is 0 Å². The van der Waals surface area contributed by atoms with Crippen LogP contribution in [0.4, 0.5) is 21.0 Å². The molecule has 462 valence electrons. The first-order valence-corrected chi connectivity index (χ1v) is 28.3. The summed E-state index contributed by atoms with van der Waals surface area (Å²) < 4.78 is 22.1. The third-order valence-electron chi connectivity index (χ3n) is 14.8. The normalized spacial score (nSPS) is 14.7. The Hall–Kier alpha value is -8.24. The maximum absolute atomic E-state index is 14.6. The Balaban J connectivity index is 1.40. The van der Waals surface area contributed by atoms with Gasteiger partial charge in [0.25, 0.3) is 18.3 Å². The highest BCUT2D eigenvalue weighted by Crippen LogP contribution is 2.33. The number of Topliss-reactive ketones (excluding diaryl/α,β-unsaturated/α-hetero) is 1. The van der Waals surface area contributed by atoms with Crippen molar-refractivity contribution in [2.45, 2.75) is 139 Å². The van der Waals surface area contributed by atoms with Gasteiger partial charge in [0.2, 0.25) is 23.6 Å². The summed E-state index contributed by atoms with van der Waals surface area (Å²) in [4.78, 5) is 136. The van der Waals surface area contributed by atoms with Crippen LogP contribution in [0.3, 0.4) is 0 Å². The predicted octanol–water partition coefficient (Wildman–Crippen LogP) is 7.10. The zero-order valence-corrected chi connectivity index (χ0v) is 51.5. The molecule has 9 amide bonds. The standard InChI is InChI=1S/C63H86N8O14/c1-38(2)49(33-40(5)85-37-72)69(13)53(62(8,9)10)56(76)68-57(77)54(63(11,12)45-20-16-15-17-21-45)70(14)61(81)84-35-43-22-24-46(25-23-43)66-55(75)44(19-18-30-65-60(64)80)34-50(73)52(39(3)4)67-51(74)36-82-31-32-83-48-28-26-47(27-29-48)71-58(78)41(6)42(7)59(71)79/h15-17,20-29,33,37-39,44,49,52-54H,18-19,30-32,34-36H2,1-14H3,(H,66,75)(H,67,74)(H3,64,65,80)(H,68,76,77)/b40-33+/t44-,49-,52+,53-,54-/m1/s1. The molecule has 0 unspecified atom stereocenters. The second-order valence-corrected chi connectivity index (χ2v) is 23.5. The monoisotopic (exact) mass is 1180 g/mol. The van der Waals surface area contributed by atoms with Crippen LogP contribution < -0.4 is 36.6 Å². The molecule has 85 heavy (non-hydrogen) atoms. The third kappa shape index (κ3) is 19.7. The lowest BCUT2D eigenvalue weighted by Crippen LogP contribution is -2.62. The van der Waals surface area contributed by atoms with Gasteiger partial charge in [0.05, 0.1) is 24.4 Å². The number of nitrogens with one attached hydrogen (secondary N) is 4. The van der Waals surface area contributed by atoms with Crippen molar-refractivity contribution in [2.24, 2.45) is 28.9 Å². The first-order chi connectivity index (χ1) is 39.9. The molecule has 1 aliphatic rings. The molecule has 0 spiro atoms. The number of benzene rings is 3. The summed E-state index contributed by atoms with van der Waals surface area (Å²) in [5.41, 5.74) is 6.28. The molecular formula is C63H86N8O14. The second kappa shape index (κ2) is 31.6. The minimum Gasteiger partial charge on any atom is -0.491 e. The number of amides is 9. The van der Waals surface area contributed by atoms with Crippen molar-refractivity contribution < 1.29 is 66.9 Å². The van der Waals surface area contributed by atoms with Gasteiger partial charge in [0, 0.05) is 54.2 Å². The number of hydrogen-bond donors (Lipinski definition) is 5. The first-order valence-electron chi connectivity index (χ1n) is 28.3. The fourth-order valence-corrected chi connectivity index (χ4v) is 10.2. The van der Waals surface area contributed by atoms with Gasteiger partial charge in [-0.15, -0.1) is 0 Å². The Bertz CT molecular complexity index is 2890. The van der Waals surface area contributed by atoms with Gasteiger partial charge in [-0.2, -0.15) is 0 Å². The van der Waals surface area contributed by atoms with Crippen molar-refractivity contribution in [3.05, 3.63) is 113 Å². The lowest BCUT2D eigenvalue weighted by molar-refractivity contribution is -0.140. The molecule has 22 nitrogen and oxygen atoms in total. The maximum Gasteiger partial charge on any atom is 0.410 e. The smallest absolute Gasteiger partial charge is 0.410 e. The highest BCUT2D eigenvalue weighted by atomic mass is 16.6. The molecule has 1 aliphatic heterocycles. The molecular weight excluding hydrogens is 1090 g/mol. The quantitative estimate of drug-likeness (QED) is 0.0186. The molecule has 3 aromatic carbocycles. The van der Waals surface area contributed by atoms with Crippen LogP contribution in [-0.4, -0.2) is 134 Å². The van der Waals surface area contributed by atoms with Crippen molar-refractivity contribution in [1.82, 2.24) is 25.8 Å². The van der Waals surface area contributed by atoms with Gasteiger partial charge in [-0.1, -0.05) is 105 Å². The van der Waals surface area contributed by atoms with Crippen LogP contribution in [0.1, 0.15) is 113 Å². The maximum atomic E-state index is 14.6. The third-order valence-corrected chi connectivity index (χ3v) is 14.8. The van der Waals surface area contributed by atoms with Crippen LogP contribution in [0.2, 0.25) is 0 Å². The van der Waals surface area contributed by atoms with Crippen molar-refractivity contribution in [1.29, 1.82) is 0 Å². The van der Waals surface area contributed by atoms with E-state index in [0.717, 1.165) is 9.80 Å². The van der Waals surface area contributed by atoms with E-state index in [9.17, 15) is 47.9 Å². The fourth-order valence-electron chi connectivity index (χ4n) is 10.2. The van der Waals surface area contributed by atoms with Crippen LogP contribution >= 0.6 is 0 Å². The molecule has 0 aliphatic carbocycles. The van der Waals surface area contributed by atoms with Crippen LogP contribution in [0.25, 0.3) is 0 Å². The number of urea groups is 1. The van der Waals surface area contributed by atoms with Gasteiger partial charge in [-0.3, -0.25) is 53.5 Å². The average Bonchev–Trinajstić information content (AvgIpc) is 3.94. The minimum absolute atomic E-state index is 0.0179. The molecule has 0 radical (unpaired) electrons. The number of carbonyl (C=O) groups is 10. The molecule has 0 saturated carbocycles. The van der Waals surface area contributed by atoms with Gasteiger partial charge in [-0.05, 0) is 112 Å². The number of carbonyl (C=O) groups excluding carboxylic acids is 10.